The molecule has 0 radical (unpaired) electrons. The van der Waals surface area contributed by atoms with Crippen LogP contribution in [-0.2, 0) is 11.5 Å². The predicted molar refractivity (Wildman–Crippen MR) is 64.7 cm³/mol. The van der Waals surface area contributed by atoms with Crippen LogP contribution in [0.2, 0.25) is 0 Å². The Morgan fingerprint density at radius 2 is 2.19 bits per heavy atom. The largest absolute Gasteiger partial charge is 0.394 e. The Bertz CT molecular complexity index is 405. The maximum Gasteiger partial charge on any atom is 0.351 e. The van der Waals surface area contributed by atoms with Gasteiger partial charge in [-0.15, -0.1) is 0 Å². The van der Waals surface area contributed by atoms with Crippen molar-refractivity contribution in [2.75, 3.05) is 18.9 Å². The predicted octanol–water partition coefficient (Wildman–Crippen LogP) is -1.24. The van der Waals surface area contributed by atoms with Crippen LogP contribution < -0.4 is 11.4 Å². The molecule has 0 spiro atoms. The average Bonchev–Trinajstić information content (AvgIpc) is 2.26. The van der Waals surface area contributed by atoms with E-state index < -0.39 is 11.8 Å². The lowest BCUT2D eigenvalue weighted by Gasteiger charge is -2.13. The molecule has 0 saturated heterocycles. The van der Waals surface area contributed by atoms with Gasteiger partial charge in [-0.05, 0) is 22.6 Å². The van der Waals surface area contributed by atoms with Crippen LogP contribution in [0.15, 0.2) is 11.0 Å². The second-order valence-electron chi connectivity index (χ2n) is 3.01. The molecule has 1 aromatic rings. The van der Waals surface area contributed by atoms with Crippen molar-refractivity contribution in [1.82, 2.24) is 9.55 Å². The lowest BCUT2D eigenvalue weighted by molar-refractivity contribution is -0.0513. The summed E-state index contributed by atoms with van der Waals surface area (Å²) in [7, 11) is 0. The highest BCUT2D eigenvalue weighted by Crippen LogP contribution is 2.07. The smallest absolute Gasteiger partial charge is 0.351 e. The lowest BCUT2D eigenvalue weighted by atomic mass is 10.4. The van der Waals surface area contributed by atoms with E-state index in [1.165, 1.54) is 10.8 Å². The number of anilines is 1. The first-order chi connectivity index (χ1) is 7.58. The van der Waals surface area contributed by atoms with Crippen LogP contribution in [0.1, 0.15) is 0 Å². The van der Waals surface area contributed by atoms with E-state index in [0.717, 1.165) is 0 Å². The van der Waals surface area contributed by atoms with Gasteiger partial charge in [-0.2, -0.15) is 4.98 Å². The molecular weight excluding hydrogens is 329 g/mol. The molecule has 1 aromatic heterocycles. The highest BCUT2D eigenvalue weighted by atomic mass is 127. The molecule has 0 aliphatic heterocycles. The van der Waals surface area contributed by atoms with Gasteiger partial charge in [0, 0.05) is 6.20 Å². The molecule has 7 nitrogen and oxygen atoms in total. The lowest BCUT2D eigenvalue weighted by Crippen LogP contribution is -2.29. The van der Waals surface area contributed by atoms with Gasteiger partial charge in [0.25, 0.3) is 0 Å². The molecule has 0 aliphatic rings. The summed E-state index contributed by atoms with van der Waals surface area (Å²) in [5, 5.41) is 17.5. The van der Waals surface area contributed by atoms with E-state index in [-0.39, 0.29) is 25.8 Å². The number of rotatable bonds is 5. The number of nitrogen functional groups attached to an aromatic ring is 1. The number of hydrogen-bond donors (Lipinski definition) is 3. The quantitative estimate of drug-likeness (QED) is 0.578. The molecule has 0 aliphatic carbocycles. The number of nitrogens with zero attached hydrogens (tertiary/aromatic N) is 2. The molecule has 16 heavy (non-hydrogen) atoms. The van der Waals surface area contributed by atoms with Crippen molar-refractivity contribution in [2.24, 2.45) is 0 Å². The van der Waals surface area contributed by atoms with Gasteiger partial charge >= 0.3 is 5.69 Å². The summed E-state index contributed by atoms with van der Waals surface area (Å²) in [4.78, 5) is 14.9. The molecule has 0 unspecified atom stereocenters. The number of aliphatic hydroxyl groups excluding tert-OH is 2. The van der Waals surface area contributed by atoms with Gasteiger partial charge in [0.1, 0.15) is 18.7 Å². The number of ether oxygens (including phenoxy) is 1. The fraction of sp³-hybridized carbons (Fsp3) is 0.500. The third kappa shape index (κ3) is 3.40. The summed E-state index contributed by atoms with van der Waals surface area (Å²) in [6.45, 7) is -0.719. The zero-order valence-corrected chi connectivity index (χ0v) is 10.5. The number of nitrogens with two attached hydrogens (primary N) is 1. The van der Waals surface area contributed by atoms with Gasteiger partial charge in [-0.25, -0.2) is 4.79 Å². The Balaban J connectivity index is 2.74. The van der Waals surface area contributed by atoms with Gasteiger partial charge in [-0.3, -0.25) is 4.57 Å². The molecule has 0 amide bonds. The van der Waals surface area contributed by atoms with E-state index in [9.17, 15) is 4.79 Å². The zero-order valence-electron chi connectivity index (χ0n) is 8.34. The van der Waals surface area contributed by atoms with Crippen LogP contribution in [0.3, 0.4) is 0 Å². The first kappa shape index (κ1) is 13.4. The summed E-state index contributed by atoms with van der Waals surface area (Å²) < 4.78 is 6.92. The molecule has 0 fully saturated rings. The van der Waals surface area contributed by atoms with Crippen molar-refractivity contribution in [3.63, 3.8) is 0 Å². The Morgan fingerprint density at radius 1 is 1.56 bits per heavy atom. The van der Waals surface area contributed by atoms with Crippen LogP contribution in [0.4, 0.5) is 5.82 Å². The third-order valence-corrected chi connectivity index (χ3v) is 2.66. The van der Waals surface area contributed by atoms with E-state index in [1.807, 2.05) is 22.6 Å². The molecule has 0 aromatic carbocycles. The Labute approximate surface area is 105 Å². The van der Waals surface area contributed by atoms with E-state index in [0.29, 0.717) is 3.57 Å². The van der Waals surface area contributed by atoms with Crippen LogP contribution in [0.25, 0.3) is 0 Å². The minimum atomic E-state index is -0.706. The van der Waals surface area contributed by atoms with Gasteiger partial charge < -0.3 is 20.7 Å². The van der Waals surface area contributed by atoms with Gasteiger partial charge in [0.2, 0.25) is 0 Å². The maximum atomic E-state index is 11.3. The average molecular weight is 341 g/mol. The Kier molecular flexibility index (Phi) is 5.12. The molecule has 1 rings (SSSR count). The van der Waals surface area contributed by atoms with Gasteiger partial charge in [0.05, 0.1) is 16.8 Å². The minimum Gasteiger partial charge on any atom is -0.394 e. The van der Waals surface area contributed by atoms with Crippen molar-refractivity contribution < 1.29 is 14.9 Å². The fourth-order valence-electron chi connectivity index (χ4n) is 0.920. The third-order valence-electron chi connectivity index (χ3n) is 1.83. The summed E-state index contributed by atoms with van der Waals surface area (Å²) in [5.41, 5.74) is 4.91. The first-order valence-corrected chi connectivity index (χ1v) is 5.52. The normalized spacial score (nSPS) is 11.0. The first-order valence-electron chi connectivity index (χ1n) is 4.44. The van der Waals surface area contributed by atoms with Gasteiger partial charge in [0.15, 0.2) is 0 Å². The molecule has 1 heterocycles. The second kappa shape index (κ2) is 6.13. The van der Waals surface area contributed by atoms with Crippen LogP contribution in [0, 0.1) is 3.57 Å². The van der Waals surface area contributed by atoms with E-state index in [1.54, 1.807) is 0 Å². The Morgan fingerprint density at radius 3 is 2.75 bits per heavy atom. The number of aromatic nitrogens is 2. The molecule has 90 valence electrons. The zero-order chi connectivity index (χ0) is 12.1. The van der Waals surface area contributed by atoms with Crippen LogP contribution in [-0.4, -0.2) is 39.1 Å². The molecule has 4 N–H and O–H groups in total. The maximum absolute atomic E-state index is 11.3. The topological polar surface area (TPSA) is 111 Å². The number of hydrogen-bond acceptors (Lipinski definition) is 6. The molecule has 0 bridgehead atoms. The van der Waals surface area contributed by atoms with Crippen molar-refractivity contribution in [2.45, 2.75) is 12.8 Å². The van der Waals surface area contributed by atoms with Crippen LogP contribution >= 0.6 is 22.6 Å². The van der Waals surface area contributed by atoms with Crippen molar-refractivity contribution in [1.29, 1.82) is 0 Å². The number of aliphatic hydroxyl groups is 2. The summed E-state index contributed by atoms with van der Waals surface area (Å²) in [6, 6.07) is 0. The highest BCUT2D eigenvalue weighted by molar-refractivity contribution is 14.1. The standard InChI is InChI=1S/C8H12IN3O4/c9-6-1-12(8(15)11-7(6)10)4-16-5(2-13)3-14/h1,5,13-14H,2-4H2,(H2,10,11,15). The second-order valence-corrected chi connectivity index (χ2v) is 4.17. The fourth-order valence-corrected chi connectivity index (χ4v) is 1.38. The van der Waals surface area contributed by atoms with Crippen molar-refractivity contribution >= 4 is 28.4 Å². The van der Waals surface area contributed by atoms with Crippen molar-refractivity contribution in [3.8, 4) is 0 Å². The van der Waals surface area contributed by atoms with Crippen LogP contribution in [0.5, 0.6) is 0 Å². The minimum absolute atomic E-state index is 0.0894. The van der Waals surface area contributed by atoms with Crippen molar-refractivity contribution in [3.05, 3.63) is 20.3 Å². The summed E-state index contributed by atoms with van der Waals surface area (Å²) >= 11 is 1.94. The molecule has 8 heteroatoms. The van der Waals surface area contributed by atoms with Gasteiger partial charge in [-0.1, -0.05) is 0 Å². The summed E-state index contributed by atoms with van der Waals surface area (Å²) in [6.07, 6.45) is 0.791. The number of halogens is 1. The summed E-state index contributed by atoms with van der Waals surface area (Å²) in [5.74, 6) is 0.169. The molecule has 0 saturated carbocycles. The highest BCUT2D eigenvalue weighted by Gasteiger charge is 2.08. The molecular formula is C8H12IN3O4. The monoisotopic (exact) mass is 341 g/mol. The SMILES string of the molecule is Nc1nc(=O)n(COC(CO)CO)cc1I. The van der Waals surface area contributed by atoms with E-state index >= 15 is 0 Å². The van der Waals surface area contributed by atoms with E-state index in [4.69, 9.17) is 20.7 Å². The molecule has 0 atom stereocenters. The Hall–Kier alpha value is -0.710. The van der Waals surface area contributed by atoms with E-state index in [2.05, 4.69) is 4.98 Å².